The van der Waals surface area contributed by atoms with Crippen LogP contribution < -0.4 is 5.43 Å². The van der Waals surface area contributed by atoms with E-state index in [-0.39, 0.29) is 5.91 Å². The predicted octanol–water partition coefficient (Wildman–Crippen LogP) is 2.90. The molecule has 0 fully saturated rings. The largest absolute Gasteiger partial charge is 0.306 e. The van der Waals surface area contributed by atoms with Crippen LogP contribution in [0.1, 0.15) is 38.7 Å². The lowest BCUT2D eigenvalue weighted by molar-refractivity contribution is -0.121. The fraction of sp³-hybridized carbons (Fsp3) is 0.312. The summed E-state index contributed by atoms with van der Waals surface area (Å²) in [5, 5.41) is 4.14. The van der Waals surface area contributed by atoms with E-state index in [1.165, 1.54) is 0 Å². The number of amides is 1. The van der Waals surface area contributed by atoms with Gasteiger partial charge in [-0.3, -0.25) is 4.79 Å². The zero-order valence-corrected chi connectivity index (χ0v) is 12.4. The van der Waals surface area contributed by atoms with Crippen LogP contribution in [-0.4, -0.2) is 21.2 Å². The topological polar surface area (TPSA) is 59.3 Å². The van der Waals surface area contributed by atoms with Crippen LogP contribution in [0.4, 0.5) is 0 Å². The van der Waals surface area contributed by atoms with Gasteiger partial charge in [0.25, 0.3) is 0 Å². The molecule has 1 N–H and O–H groups in total. The van der Waals surface area contributed by atoms with Gasteiger partial charge >= 0.3 is 0 Å². The molecule has 0 bridgehead atoms. The van der Waals surface area contributed by atoms with Crippen molar-refractivity contribution in [1.82, 2.24) is 15.0 Å². The first-order chi connectivity index (χ1) is 10.2. The Morgan fingerprint density at radius 1 is 1.33 bits per heavy atom. The molecule has 0 unspecified atom stereocenters. The number of carbonyl (C=O) groups excluding carboxylic acids is 1. The molecule has 0 aliphatic carbocycles. The van der Waals surface area contributed by atoms with E-state index in [0.29, 0.717) is 6.42 Å². The van der Waals surface area contributed by atoms with E-state index in [9.17, 15) is 4.79 Å². The minimum absolute atomic E-state index is 0.0359. The number of carbonyl (C=O) groups is 1. The molecule has 0 aliphatic rings. The summed E-state index contributed by atoms with van der Waals surface area (Å²) in [6.07, 6.45) is 7.80. The lowest BCUT2D eigenvalue weighted by Gasteiger charge is -2.05. The highest BCUT2D eigenvalue weighted by Crippen LogP contribution is 2.10. The third-order valence-electron chi connectivity index (χ3n) is 3.19. The molecular formula is C16H20N4O. The molecule has 1 aromatic carbocycles. The van der Waals surface area contributed by atoms with Crippen LogP contribution in [0.25, 0.3) is 5.69 Å². The number of hydrogen-bond acceptors (Lipinski definition) is 3. The zero-order chi connectivity index (χ0) is 15.1. The molecule has 5 heteroatoms. The average molecular weight is 284 g/mol. The fourth-order valence-electron chi connectivity index (χ4n) is 1.89. The third-order valence-corrected chi connectivity index (χ3v) is 3.19. The number of aromatic nitrogens is 2. The molecule has 0 aliphatic heterocycles. The molecule has 0 spiro atoms. The molecule has 0 saturated heterocycles. The molecule has 0 atom stereocenters. The minimum atomic E-state index is -0.0359. The number of nitrogens with one attached hydrogen (secondary N) is 1. The van der Waals surface area contributed by atoms with Gasteiger partial charge in [-0.1, -0.05) is 25.5 Å². The van der Waals surface area contributed by atoms with Gasteiger partial charge in [0.15, 0.2) is 0 Å². The molecule has 1 amide bonds. The lowest BCUT2D eigenvalue weighted by atomic mass is 10.1. The summed E-state index contributed by atoms with van der Waals surface area (Å²) in [5.74, 6) is -0.0359. The summed E-state index contributed by atoms with van der Waals surface area (Å²) < 4.78 is 1.93. The summed E-state index contributed by atoms with van der Waals surface area (Å²) >= 11 is 0. The third kappa shape index (κ3) is 4.27. The minimum Gasteiger partial charge on any atom is -0.306 e. The van der Waals surface area contributed by atoms with Crippen LogP contribution in [0.5, 0.6) is 0 Å². The molecule has 0 saturated carbocycles. The first kappa shape index (κ1) is 15.0. The second-order valence-corrected chi connectivity index (χ2v) is 4.85. The first-order valence-corrected chi connectivity index (χ1v) is 7.12. The van der Waals surface area contributed by atoms with E-state index in [0.717, 1.165) is 29.8 Å². The zero-order valence-electron chi connectivity index (χ0n) is 12.4. The second kappa shape index (κ2) is 7.38. The van der Waals surface area contributed by atoms with Gasteiger partial charge in [-0.05, 0) is 31.0 Å². The summed E-state index contributed by atoms with van der Waals surface area (Å²) in [4.78, 5) is 15.5. The van der Waals surface area contributed by atoms with Gasteiger partial charge < -0.3 is 4.57 Å². The Bertz CT molecular complexity index is 600. The molecule has 2 rings (SSSR count). The van der Waals surface area contributed by atoms with Crippen molar-refractivity contribution in [3.63, 3.8) is 0 Å². The van der Waals surface area contributed by atoms with E-state index in [2.05, 4.69) is 22.4 Å². The van der Waals surface area contributed by atoms with E-state index in [1.807, 2.05) is 42.0 Å². The monoisotopic (exact) mass is 284 g/mol. The highest BCUT2D eigenvalue weighted by atomic mass is 16.2. The Balaban J connectivity index is 1.99. The number of nitrogens with zero attached hydrogens (tertiary/aromatic N) is 3. The summed E-state index contributed by atoms with van der Waals surface area (Å²) in [6.45, 7) is 3.94. The normalized spacial score (nSPS) is 11.4. The van der Waals surface area contributed by atoms with Crippen LogP contribution in [0.2, 0.25) is 0 Å². The van der Waals surface area contributed by atoms with Crippen molar-refractivity contribution >= 4 is 11.6 Å². The number of rotatable bonds is 6. The molecule has 2 aromatic rings. The Kier molecular flexibility index (Phi) is 5.26. The van der Waals surface area contributed by atoms with Crippen LogP contribution in [-0.2, 0) is 4.79 Å². The van der Waals surface area contributed by atoms with Gasteiger partial charge in [-0.2, -0.15) is 5.10 Å². The van der Waals surface area contributed by atoms with Crippen molar-refractivity contribution in [1.29, 1.82) is 0 Å². The maximum atomic E-state index is 11.5. The maximum Gasteiger partial charge on any atom is 0.240 e. The van der Waals surface area contributed by atoms with Crippen LogP contribution >= 0.6 is 0 Å². The summed E-state index contributed by atoms with van der Waals surface area (Å²) in [7, 11) is 0. The van der Waals surface area contributed by atoms with Crippen molar-refractivity contribution in [2.45, 2.75) is 33.1 Å². The van der Waals surface area contributed by atoms with E-state index in [1.54, 1.807) is 12.5 Å². The van der Waals surface area contributed by atoms with Crippen molar-refractivity contribution in [3.05, 3.63) is 48.5 Å². The molecule has 21 heavy (non-hydrogen) atoms. The number of imidazole rings is 1. The van der Waals surface area contributed by atoms with Crippen LogP contribution in [0.3, 0.4) is 0 Å². The number of unbranched alkanes of at least 4 members (excludes halogenated alkanes) is 1. The van der Waals surface area contributed by atoms with Crippen molar-refractivity contribution in [2.75, 3.05) is 0 Å². The smallest absolute Gasteiger partial charge is 0.240 e. The van der Waals surface area contributed by atoms with Crippen LogP contribution in [0, 0.1) is 0 Å². The Morgan fingerprint density at radius 2 is 2.10 bits per heavy atom. The lowest BCUT2D eigenvalue weighted by Crippen LogP contribution is -2.18. The highest BCUT2D eigenvalue weighted by molar-refractivity contribution is 5.99. The fourth-order valence-corrected chi connectivity index (χ4v) is 1.89. The van der Waals surface area contributed by atoms with Gasteiger partial charge in [-0.25, -0.2) is 10.4 Å². The maximum absolute atomic E-state index is 11.5. The van der Waals surface area contributed by atoms with Gasteiger partial charge in [0.1, 0.15) is 0 Å². The number of hydrogen-bond donors (Lipinski definition) is 1. The Hall–Kier alpha value is -2.43. The van der Waals surface area contributed by atoms with E-state index < -0.39 is 0 Å². The SMILES string of the molecule is CCCCC(=O)N/N=C(/C)c1ccc(-n2ccnc2)cc1. The number of benzene rings is 1. The summed E-state index contributed by atoms with van der Waals surface area (Å²) in [5.41, 5.74) is 5.40. The summed E-state index contributed by atoms with van der Waals surface area (Å²) in [6, 6.07) is 7.95. The highest BCUT2D eigenvalue weighted by Gasteiger charge is 2.02. The number of hydrazone groups is 1. The van der Waals surface area contributed by atoms with Gasteiger partial charge in [-0.15, -0.1) is 0 Å². The Morgan fingerprint density at radius 3 is 2.71 bits per heavy atom. The van der Waals surface area contributed by atoms with Crippen molar-refractivity contribution in [2.24, 2.45) is 5.10 Å². The first-order valence-electron chi connectivity index (χ1n) is 7.12. The van der Waals surface area contributed by atoms with Crippen molar-refractivity contribution in [3.8, 4) is 5.69 Å². The molecular weight excluding hydrogens is 264 g/mol. The molecule has 0 radical (unpaired) electrons. The standard InChI is InChI=1S/C16H20N4O/c1-3-4-5-16(21)19-18-13(2)14-6-8-15(9-7-14)20-11-10-17-12-20/h6-12H,3-5H2,1-2H3,(H,19,21)/b18-13-. The molecule has 110 valence electrons. The molecule has 1 aromatic heterocycles. The van der Waals surface area contributed by atoms with Gasteiger partial charge in [0.05, 0.1) is 12.0 Å². The molecule has 5 nitrogen and oxygen atoms in total. The Labute approximate surface area is 124 Å². The average Bonchev–Trinajstić information content (AvgIpc) is 3.05. The van der Waals surface area contributed by atoms with Crippen molar-refractivity contribution < 1.29 is 4.79 Å². The second-order valence-electron chi connectivity index (χ2n) is 4.85. The van der Waals surface area contributed by atoms with E-state index >= 15 is 0 Å². The van der Waals surface area contributed by atoms with Gasteiger partial charge in [0.2, 0.25) is 5.91 Å². The van der Waals surface area contributed by atoms with Crippen LogP contribution in [0.15, 0.2) is 48.1 Å². The van der Waals surface area contributed by atoms with E-state index in [4.69, 9.17) is 0 Å². The van der Waals surface area contributed by atoms with Gasteiger partial charge in [0, 0.05) is 24.5 Å². The predicted molar refractivity (Wildman–Crippen MR) is 83.4 cm³/mol. The quantitative estimate of drug-likeness (QED) is 0.655. The molecule has 1 heterocycles.